The fraction of sp³-hybridized carbons (Fsp3) is 0.800. The topological polar surface area (TPSA) is 0 Å². The van der Waals surface area contributed by atoms with E-state index in [-0.39, 0.29) is 0 Å². The molecule has 64 valence electrons. The second-order valence-corrected chi connectivity index (χ2v) is 4.09. The molecule has 1 fully saturated rings. The van der Waals surface area contributed by atoms with Gasteiger partial charge in [-0.05, 0) is 18.8 Å². The maximum absolute atomic E-state index is 5.70. The van der Waals surface area contributed by atoms with Crippen molar-refractivity contribution in [1.29, 1.82) is 0 Å². The molecule has 0 amide bonds. The molecule has 0 N–H and O–H groups in total. The SMILES string of the molecule is C=C(Cl)CCC1CCCCC1. The Labute approximate surface area is 74.6 Å². The lowest BCUT2D eigenvalue weighted by Crippen LogP contribution is -2.05. The largest absolute Gasteiger partial charge is 0.0898 e. The summed E-state index contributed by atoms with van der Waals surface area (Å²) < 4.78 is 0. The Kier molecular flexibility index (Phi) is 3.99. The molecule has 0 aromatic rings. The maximum Gasteiger partial charge on any atom is 0.0109 e. The molecule has 11 heavy (non-hydrogen) atoms. The zero-order valence-corrected chi connectivity index (χ0v) is 7.87. The molecule has 0 nitrogen and oxygen atoms in total. The van der Waals surface area contributed by atoms with Gasteiger partial charge in [-0.15, -0.1) is 0 Å². The first-order valence-electron chi connectivity index (χ1n) is 4.62. The normalized spacial score (nSPS) is 20.1. The van der Waals surface area contributed by atoms with Crippen LogP contribution in [0, 0.1) is 5.92 Å². The zero-order chi connectivity index (χ0) is 8.10. The third-order valence-electron chi connectivity index (χ3n) is 2.55. The zero-order valence-electron chi connectivity index (χ0n) is 7.11. The van der Waals surface area contributed by atoms with Crippen molar-refractivity contribution in [1.82, 2.24) is 0 Å². The molecule has 0 atom stereocenters. The highest BCUT2D eigenvalue weighted by molar-refractivity contribution is 6.29. The van der Waals surface area contributed by atoms with Gasteiger partial charge in [-0.2, -0.15) is 0 Å². The van der Waals surface area contributed by atoms with Gasteiger partial charge in [0.2, 0.25) is 0 Å². The molecule has 0 unspecified atom stereocenters. The first-order valence-corrected chi connectivity index (χ1v) is 5.00. The molecular weight excluding hydrogens is 156 g/mol. The van der Waals surface area contributed by atoms with Crippen LogP contribution in [0.25, 0.3) is 0 Å². The van der Waals surface area contributed by atoms with Crippen molar-refractivity contribution >= 4 is 11.6 Å². The van der Waals surface area contributed by atoms with E-state index in [0.29, 0.717) is 0 Å². The van der Waals surface area contributed by atoms with Crippen LogP contribution in [0.2, 0.25) is 0 Å². The number of hydrogen-bond acceptors (Lipinski definition) is 0. The van der Waals surface area contributed by atoms with Gasteiger partial charge in [-0.3, -0.25) is 0 Å². The Bertz CT molecular complexity index is 123. The van der Waals surface area contributed by atoms with Crippen LogP contribution in [0.4, 0.5) is 0 Å². The van der Waals surface area contributed by atoms with Crippen molar-refractivity contribution in [2.75, 3.05) is 0 Å². The van der Waals surface area contributed by atoms with E-state index in [1.807, 2.05) is 0 Å². The lowest BCUT2D eigenvalue weighted by atomic mass is 9.86. The van der Waals surface area contributed by atoms with Crippen LogP contribution in [-0.4, -0.2) is 0 Å². The summed E-state index contributed by atoms with van der Waals surface area (Å²) in [6.07, 6.45) is 9.43. The molecule has 0 radical (unpaired) electrons. The van der Waals surface area contributed by atoms with Crippen LogP contribution in [-0.2, 0) is 0 Å². The minimum Gasteiger partial charge on any atom is -0.0898 e. The van der Waals surface area contributed by atoms with E-state index in [9.17, 15) is 0 Å². The predicted octanol–water partition coefficient (Wildman–Crippen LogP) is 4.10. The molecule has 0 aliphatic heterocycles. The summed E-state index contributed by atoms with van der Waals surface area (Å²) >= 11 is 5.70. The number of halogens is 1. The molecule has 0 bridgehead atoms. The molecule has 0 heterocycles. The Hall–Kier alpha value is 0.0300. The minimum atomic E-state index is 0.829. The summed E-state index contributed by atoms with van der Waals surface area (Å²) in [6, 6.07) is 0. The number of allylic oxidation sites excluding steroid dienone is 1. The van der Waals surface area contributed by atoms with Crippen molar-refractivity contribution in [2.24, 2.45) is 5.92 Å². The van der Waals surface area contributed by atoms with Crippen LogP contribution in [0.5, 0.6) is 0 Å². The van der Waals surface area contributed by atoms with Crippen molar-refractivity contribution < 1.29 is 0 Å². The van der Waals surface area contributed by atoms with Crippen LogP contribution < -0.4 is 0 Å². The highest BCUT2D eigenvalue weighted by Crippen LogP contribution is 2.28. The lowest BCUT2D eigenvalue weighted by Gasteiger charge is -2.20. The van der Waals surface area contributed by atoms with Gasteiger partial charge in [0.25, 0.3) is 0 Å². The van der Waals surface area contributed by atoms with Gasteiger partial charge in [-0.25, -0.2) is 0 Å². The lowest BCUT2D eigenvalue weighted by molar-refractivity contribution is 0.340. The first kappa shape index (κ1) is 9.12. The molecule has 0 aromatic heterocycles. The van der Waals surface area contributed by atoms with E-state index in [4.69, 9.17) is 11.6 Å². The van der Waals surface area contributed by atoms with Gasteiger partial charge >= 0.3 is 0 Å². The second kappa shape index (κ2) is 4.82. The van der Waals surface area contributed by atoms with Crippen LogP contribution in [0.15, 0.2) is 11.6 Å². The minimum absolute atomic E-state index is 0.829. The van der Waals surface area contributed by atoms with Crippen LogP contribution in [0.1, 0.15) is 44.9 Å². The summed E-state index contributed by atoms with van der Waals surface area (Å²) in [4.78, 5) is 0. The maximum atomic E-state index is 5.70. The fourth-order valence-corrected chi connectivity index (χ4v) is 1.95. The summed E-state index contributed by atoms with van der Waals surface area (Å²) in [7, 11) is 0. The van der Waals surface area contributed by atoms with Gasteiger partial charge in [-0.1, -0.05) is 50.3 Å². The standard InChI is InChI=1S/C10H17Cl/c1-9(11)7-8-10-5-3-2-4-6-10/h10H,1-8H2. The van der Waals surface area contributed by atoms with E-state index in [1.165, 1.54) is 38.5 Å². The van der Waals surface area contributed by atoms with Crippen molar-refractivity contribution in [3.05, 3.63) is 11.6 Å². The second-order valence-electron chi connectivity index (χ2n) is 3.56. The van der Waals surface area contributed by atoms with Gasteiger partial charge < -0.3 is 0 Å². The quantitative estimate of drug-likeness (QED) is 0.602. The Morgan fingerprint density at radius 1 is 1.27 bits per heavy atom. The third-order valence-corrected chi connectivity index (χ3v) is 2.74. The van der Waals surface area contributed by atoms with Gasteiger partial charge in [0, 0.05) is 5.03 Å². The average molecular weight is 173 g/mol. The van der Waals surface area contributed by atoms with E-state index in [1.54, 1.807) is 0 Å². The monoisotopic (exact) mass is 172 g/mol. The van der Waals surface area contributed by atoms with Crippen molar-refractivity contribution in [2.45, 2.75) is 44.9 Å². The first-order chi connectivity index (χ1) is 5.29. The third kappa shape index (κ3) is 3.81. The summed E-state index contributed by atoms with van der Waals surface area (Å²) in [5.74, 6) is 0.944. The Balaban J connectivity index is 2.09. The Morgan fingerprint density at radius 2 is 1.91 bits per heavy atom. The molecule has 1 aliphatic rings. The molecule has 0 spiro atoms. The number of rotatable bonds is 3. The molecule has 1 saturated carbocycles. The smallest absolute Gasteiger partial charge is 0.0109 e. The summed E-state index contributed by atoms with van der Waals surface area (Å²) in [5.41, 5.74) is 0. The van der Waals surface area contributed by atoms with Crippen LogP contribution >= 0.6 is 11.6 Å². The summed E-state index contributed by atoms with van der Waals surface area (Å²) in [5, 5.41) is 0.829. The molecular formula is C10H17Cl. The molecule has 0 saturated heterocycles. The molecule has 1 heteroatoms. The van der Waals surface area contributed by atoms with Gasteiger partial charge in [0.15, 0.2) is 0 Å². The average Bonchev–Trinajstić information content (AvgIpc) is 2.03. The van der Waals surface area contributed by atoms with Crippen LogP contribution in [0.3, 0.4) is 0 Å². The fourth-order valence-electron chi connectivity index (χ4n) is 1.84. The van der Waals surface area contributed by atoms with E-state index >= 15 is 0 Å². The Morgan fingerprint density at radius 3 is 2.45 bits per heavy atom. The van der Waals surface area contributed by atoms with Crippen molar-refractivity contribution in [3.63, 3.8) is 0 Å². The predicted molar refractivity (Wildman–Crippen MR) is 50.8 cm³/mol. The molecule has 0 aromatic carbocycles. The summed E-state index contributed by atoms with van der Waals surface area (Å²) in [6.45, 7) is 3.70. The van der Waals surface area contributed by atoms with E-state index < -0.39 is 0 Å². The molecule has 1 rings (SSSR count). The van der Waals surface area contributed by atoms with Gasteiger partial charge in [0.1, 0.15) is 0 Å². The highest BCUT2D eigenvalue weighted by atomic mass is 35.5. The van der Waals surface area contributed by atoms with E-state index in [2.05, 4.69) is 6.58 Å². The van der Waals surface area contributed by atoms with Gasteiger partial charge in [0.05, 0.1) is 0 Å². The number of hydrogen-bond donors (Lipinski definition) is 0. The van der Waals surface area contributed by atoms with E-state index in [0.717, 1.165) is 17.4 Å². The van der Waals surface area contributed by atoms with Crippen molar-refractivity contribution in [3.8, 4) is 0 Å². The highest BCUT2D eigenvalue weighted by Gasteiger charge is 2.12. The molecule has 1 aliphatic carbocycles.